The third-order valence-electron chi connectivity index (χ3n) is 6.48. The van der Waals surface area contributed by atoms with Crippen LogP contribution in [0.2, 0.25) is 0 Å². The lowest BCUT2D eigenvalue weighted by Gasteiger charge is -2.41. The molecule has 2 amide bonds. The molecule has 3 aromatic rings. The van der Waals surface area contributed by atoms with Crippen molar-refractivity contribution in [3.8, 4) is 0 Å². The molecule has 4 rings (SSSR count). The van der Waals surface area contributed by atoms with Gasteiger partial charge in [0, 0.05) is 60.7 Å². The Morgan fingerprint density at radius 2 is 1.88 bits per heavy atom. The summed E-state index contributed by atoms with van der Waals surface area (Å²) in [7, 11) is 0. The molecule has 0 spiro atoms. The van der Waals surface area contributed by atoms with Crippen molar-refractivity contribution < 1.29 is 9.59 Å². The monoisotopic (exact) mass is 467 g/mol. The van der Waals surface area contributed by atoms with E-state index < -0.39 is 11.8 Å². The summed E-state index contributed by atoms with van der Waals surface area (Å²) in [6.45, 7) is 9.60. The van der Waals surface area contributed by atoms with Crippen molar-refractivity contribution in [2.75, 3.05) is 39.3 Å². The van der Waals surface area contributed by atoms with Gasteiger partial charge in [-0.1, -0.05) is 31.2 Å². The summed E-state index contributed by atoms with van der Waals surface area (Å²) in [6, 6.07) is 12.1. The van der Waals surface area contributed by atoms with Gasteiger partial charge in [0.2, 0.25) is 0 Å². The number of hydrogen-bond donors (Lipinski definition) is 3. The molecule has 1 saturated heterocycles. The Bertz CT molecular complexity index is 1060. The van der Waals surface area contributed by atoms with Crippen LogP contribution in [0.5, 0.6) is 0 Å². The van der Waals surface area contributed by atoms with E-state index >= 15 is 0 Å². The van der Waals surface area contributed by atoms with E-state index in [1.54, 1.807) is 11.3 Å². The second kappa shape index (κ2) is 11.0. The van der Waals surface area contributed by atoms with Gasteiger partial charge in [0.15, 0.2) is 0 Å². The number of piperazine rings is 1. The Balaban J connectivity index is 1.32. The maximum Gasteiger partial charge on any atom is 0.309 e. The molecule has 1 aliphatic rings. The molecule has 1 aliphatic heterocycles. The Morgan fingerprint density at radius 3 is 2.61 bits per heavy atom. The third kappa shape index (κ3) is 5.63. The number of carbonyl (C=O) groups is 2. The molecule has 0 unspecified atom stereocenters. The number of rotatable bonds is 8. The Hall–Kier alpha value is -2.68. The number of fused-ring (bicyclic) bond motifs is 1. The summed E-state index contributed by atoms with van der Waals surface area (Å²) >= 11 is 1.70. The first-order valence-corrected chi connectivity index (χ1v) is 12.6. The molecule has 2 aromatic heterocycles. The molecule has 0 saturated carbocycles. The van der Waals surface area contributed by atoms with Gasteiger partial charge in [0.25, 0.3) is 0 Å². The van der Waals surface area contributed by atoms with Gasteiger partial charge in [0.05, 0.1) is 6.04 Å². The fourth-order valence-corrected chi connectivity index (χ4v) is 5.60. The molecular weight excluding hydrogens is 434 g/mol. The summed E-state index contributed by atoms with van der Waals surface area (Å²) in [5.74, 6) is -1.15. The molecule has 7 nitrogen and oxygen atoms in total. The van der Waals surface area contributed by atoms with Crippen LogP contribution in [0, 0.1) is 0 Å². The van der Waals surface area contributed by atoms with Crippen molar-refractivity contribution in [3.63, 3.8) is 0 Å². The molecule has 3 heterocycles. The number of carbonyl (C=O) groups excluding carboxylic acids is 2. The first kappa shape index (κ1) is 23.5. The molecule has 0 bridgehead atoms. The maximum absolute atomic E-state index is 12.7. The van der Waals surface area contributed by atoms with E-state index in [-0.39, 0.29) is 12.1 Å². The summed E-state index contributed by atoms with van der Waals surface area (Å²) < 4.78 is 0. The minimum atomic E-state index is -0.581. The van der Waals surface area contributed by atoms with E-state index in [0.717, 1.165) is 49.2 Å². The first-order chi connectivity index (χ1) is 16.1. The number of aromatic amines is 1. The SMILES string of the molecule is CCN1CCN([C@@H](c2cccs2)[C@@H](C)NC(=O)C(=O)NCCc2c[nH]c3ccccc23)CC1. The highest BCUT2D eigenvalue weighted by atomic mass is 32.1. The highest BCUT2D eigenvalue weighted by Gasteiger charge is 2.31. The minimum Gasteiger partial charge on any atom is -0.361 e. The normalized spacial score (nSPS) is 17.0. The van der Waals surface area contributed by atoms with Gasteiger partial charge in [-0.25, -0.2) is 0 Å². The third-order valence-corrected chi connectivity index (χ3v) is 7.42. The number of aromatic nitrogens is 1. The molecule has 2 atom stereocenters. The molecule has 1 fully saturated rings. The van der Waals surface area contributed by atoms with E-state index in [1.807, 2.05) is 37.4 Å². The van der Waals surface area contributed by atoms with Gasteiger partial charge in [-0.3, -0.25) is 14.5 Å². The van der Waals surface area contributed by atoms with Crippen molar-refractivity contribution in [1.82, 2.24) is 25.4 Å². The van der Waals surface area contributed by atoms with Crippen LogP contribution in [-0.2, 0) is 16.0 Å². The second-order valence-electron chi connectivity index (χ2n) is 8.56. The van der Waals surface area contributed by atoms with E-state index in [1.165, 1.54) is 4.88 Å². The number of hydrogen-bond acceptors (Lipinski definition) is 5. The number of likely N-dealkylation sites (N-methyl/N-ethyl adjacent to an activating group) is 1. The molecule has 0 radical (unpaired) electrons. The average molecular weight is 468 g/mol. The minimum absolute atomic E-state index is 0.0620. The average Bonchev–Trinajstić information content (AvgIpc) is 3.50. The van der Waals surface area contributed by atoms with Crippen molar-refractivity contribution in [3.05, 3.63) is 58.4 Å². The lowest BCUT2D eigenvalue weighted by Crippen LogP contribution is -2.53. The summed E-state index contributed by atoms with van der Waals surface area (Å²) in [4.78, 5) is 34.5. The van der Waals surface area contributed by atoms with Crippen molar-refractivity contribution >= 4 is 34.1 Å². The molecule has 176 valence electrons. The number of nitrogens with zero attached hydrogens (tertiary/aromatic N) is 2. The molecule has 33 heavy (non-hydrogen) atoms. The van der Waals surface area contributed by atoms with Crippen LogP contribution in [-0.4, -0.2) is 71.9 Å². The fraction of sp³-hybridized carbons (Fsp3) is 0.440. The van der Waals surface area contributed by atoms with E-state index in [0.29, 0.717) is 13.0 Å². The summed E-state index contributed by atoms with van der Waals surface area (Å²) in [6.07, 6.45) is 2.63. The number of para-hydroxylation sites is 1. The van der Waals surface area contributed by atoms with E-state index in [9.17, 15) is 9.59 Å². The number of nitrogens with one attached hydrogen (secondary N) is 3. The van der Waals surface area contributed by atoms with Crippen LogP contribution in [0.25, 0.3) is 10.9 Å². The molecule has 8 heteroatoms. The van der Waals surface area contributed by atoms with Gasteiger partial charge in [-0.2, -0.15) is 0 Å². The molecule has 3 N–H and O–H groups in total. The van der Waals surface area contributed by atoms with Crippen LogP contribution in [0.4, 0.5) is 0 Å². The Kier molecular flexibility index (Phi) is 7.80. The van der Waals surface area contributed by atoms with Crippen LogP contribution >= 0.6 is 11.3 Å². The van der Waals surface area contributed by atoms with Crippen LogP contribution in [0.15, 0.2) is 48.0 Å². The van der Waals surface area contributed by atoms with Crippen LogP contribution in [0.1, 0.15) is 30.3 Å². The van der Waals surface area contributed by atoms with Crippen LogP contribution < -0.4 is 10.6 Å². The fourth-order valence-electron chi connectivity index (χ4n) is 4.64. The standard InChI is InChI=1S/C25H33N5O2S/c1-3-29-12-14-30(15-13-29)23(22-9-6-16-33-22)18(2)28-25(32)24(31)26-11-10-19-17-27-21-8-5-4-7-20(19)21/h4-9,16-18,23,27H,3,10-15H2,1-2H3,(H,26,31)(H,28,32)/t18-,23-/m1/s1. The van der Waals surface area contributed by atoms with Gasteiger partial charge >= 0.3 is 11.8 Å². The van der Waals surface area contributed by atoms with E-state index in [2.05, 4.69) is 49.9 Å². The highest BCUT2D eigenvalue weighted by molar-refractivity contribution is 7.10. The number of thiophene rings is 1. The van der Waals surface area contributed by atoms with Gasteiger partial charge < -0.3 is 20.5 Å². The van der Waals surface area contributed by atoms with Crippen LogP contribution in [0.3, 0.4) is 0 Å². The van der Waals surface area contributed by atoms with Crippen molar-refractivity contribution in [2.24, 2.45) is 0 Å². The lowest BCUT2D eigenvalue weighted by atomic mass is 10.0. The van der Waals surface area contributed by atoms with Gasteiger partial charge in [-0.05, 0) is 43.0 Å². The maximum atomic E-state index is 12.7. The second-order valence-corrected chi connectivity index (χ2v) is 9.54. The van der Waals surface area contributed by atoms with E-state index in [4.69, 9.17) is 0 Å². The van der Waals surface area contributed by atoms with Crippen molar-refractivity contribution in [2.45, 2.75) is 32.4 Å². The zero-order valence-electron chi connectivity index (χ0n) is 19.3. The lowest BCUT2D eigenvalue weighted by molar-refractivity contribution is -0.139. The van der Waals surface area contributed by atoms with Gasteiger partial charge in [-0.15, -0.1) is 11.3 Å². The predicted octanol–water partition coefficient (Wildman–Crippen LogP) is 2.77. The van der Waals surface area contributed by atoms with Gasteiger partial charge in [0.1, 0.15) is 0 Å². The highest BCUT2D eigenvalue weighted by Crippen LogP contribution is 2.29. The summed E-state index contributed by atoms with van der Waals surface area (Å²) in [5.41, 5.74) is 2.20. The zero-order chi connectivity index (χ0) is 23.2. The Labute approximate surface area is 199 Å². The quantitative estimate of drug-likeness (QED) is 0.445. The Morgan fingerprint density at radius 1 is 1.09 bits per heavy atom. The number of benzene rings is 1. The number of H-pyrrole nitrogens is 1. The molecule has 0 aliphatic carbocycles. The molecule has 1 aromatic carbocycles. The molecular formula is C25H33N5O2S. The van der Waals surface area contributed by atoms with Crippen molar-refractivity contribution in [1.29, 1.82) is 0 Å². The number of amides is 2. The predicted molar refractivity (Wildman–Crippen MR) is 133 cm³/mol. The topological polar surface area (TPSA) is 80.5 Å². The zero-order valence-corrected chi connectivity index (χ0v) is 20.2. The largest absolute Gasteiger partial charge is 0.361 e. The summed E-state index contributed by atoms with van der Waals surface area (Å²) in [5, 5.41) is 8.94. The smallest absolute Gasteiger partial charge is 0.309 e. The first-order valence-electron chi connectivity index (χ1n) is 11.7.